The summed E-state index contributed by atoms with van der Waals surface area (Å²) < 4.78 is 5.81. The van der Waals surface area contributed by atoms with E-state index in [9.17, 15) is 0 Å². The molecule has 90 valence electrons. The van der Waals surface area contributed by atoms with Gasteiger partial charge < -0.3 is 10.2 Å². The molecule has 0 aliphatic heterocycles. The zero-order valence-electron chi connectivity index (χ0n) is 10.7. The van der Waals surface area contributed by atoms with Gasteiger partial charge in [-0.05, 0) is 44.5 Å². The number of hydrogen-bond donors (Lipinski definition) is 1. The van der Waals surface area contributed by atoms with Crippen LogP contribution < -0.4 is 5.73 Å². The summed E-state index contributed by atoms with van der Waals surface area (Å²) in [4.78, 5) is 0. The maximum Gasteiger partial charge on any atom is 0.134 e. The van der Waals surface area contributed by atoms with Gasteiger partial charge in [0.05, 0.1) is 6.04 Å². The molecule has 0 spiro atoms. The maximum absolute atomic E-state index is 5.95. The fourth-order valence-corrected chi connectivity index (χ4v) is 2.03. The van der Waals surface area contributed by atoms with Crippen LogP contribution in [0.1, 0.15) is 36.3 Å². The minimum atomic E-state index is -0.00495. The molecular weight excluding hydrogens is 210 g/mol. The van der Waals surface area contributed by atoms with E-state index in [1.54, 1.807) is 0 Å². The van der Waals surface area contributed by atoms with Gasteiger partial charge in [0.1, 0.15) is 11.5 Å². The highest BCUT2D eigenvalue weighted by Crippen LogP contribution is 2.27. The van der Waals surface area contributed by atoms with E-state index in [1.807, 2.05) is 12.1 Å². The number of benzene rings is 1. The average molecular weight is 229 g/mol. The van der Waals surface area contributed by atoms with Crippen LogP contribution in [0.2, 0.25) is 0 Å². The molecule has 2 aromatic rings. The summed E-state index contributed by atoms with van der Waals surface area (Å²) >= 11 is 0. The topological polar surface area (TPSA) is 39.2 Å². The molecule has 2 rings (SSSR count). The van der Waals surface area contributed by atoms with Crippen LogP contribution in [0, 0.1) is 13.8 Å². The molecule has 0 saturated heterocycles. The third-order valence-electron chi connectivity index (χ3n) is 2.94. The Kier molecular flexibility index (Phi) is 3.34. The number of furan rings is 1. The molecule has 0 aliphatic rings. The first kappa shape index (κ1) is 11.9. The van der Waals surface area contributed by atoms with E-state index < -0.39 is 0 Å². The van der Waals surface area contributed by atoms with Crippen LogP contribution >= 0.6 is 0 Å². The van der Waals surface area contributed by atoms with Crippen LogP contribution in [0.4, 0.5) is 0 Å². The highest BCUT2D eigenvalue weighted by molar-refractivity contribution is 5.60. The lowest BCUT2D eigenvalue weighted by Gasteiger charge is -2.05. The quantitative estimate of drug-likeness (QED) is 0.864. The van der Waals surface area contributed by atoms with Crippen molar-refractivity contribution in [1.82, 2.24) is 0 Å². The van der Waals surface area contributed by atoms with Crippen molar-refractivity contribution in [3.05, 3.63) is 47.2 Å². The van der Waals surface area contributed by atoms with Gasteiger partial charge >= 0.3 is 0 Å². The highest BCUT2D eigenvalue weighted by Gasteiger charge is 2.10. The summed E-state index contributed by atoms with van der Waals surface area (Å²) in [6.45, 7) is 6.25. The molecule has 2 nitrogen and oxygen atoms in total. The van der Waals surface area contributed by atoms with E-state index in [1.165, 1.54) is 11.1 Å². The van der Waals surface area contributed by atoms with Crippen molar-refractivity contribution in [2.24, 2.45) is 5.73 Å². The fourth-order valence-electron chi connectivity index (χ4n) is 2.03. The van der Waals surface area contributed by atoms with Gasteiger partial charge in [0, 0.05) is 5.56 Å². The molecule has 1 aromatic carbocycles. The number of hydrogen-bond acceptors (Lipinski definition) is 2. The molecule has 0 fully saturated rings. The van der Waals surface area contributed by atoms with Crippen molar-refractivity contribution in [2.75, 3.05) is 0 Å². The minimum absolute atomic E-state index is 0.00495. The van der Waals surface area contributed by atoms with Crippen LogP contribution in [0.5, 0.6) is 0 Å². The molecule has 0 saturated carbocycles. The summed E-state index contributed by atoms with van der Waals surface area (Å²) in [5.74, 6) is 1.76. The van der Waals surface area contributed by atoms with Crippen molar-refractivity contribution >= 4 is 0 Å². The molecule has 1 heterocycles. The summed E-state index contributed by atoms with van der Waals surface area (Å²) in [5.41, 5.74) is 9.57. The molecule has 0 aliphatic carbocycles. The smallest absolute Gasteiger partial charge is 0.134 e. The Morgan fingerprint density at radius 1 is 1.12 bits per heavy atom. The van der Waals surface area contributed by atoms with Gasteiger partial charge in [0.25, 0.3) is 0 Å². The van der Waals surface area contributed by atoms with Crippen LogP contribution in [-0.4, -0.2) is 0 Å². The molecule has 1 atom stereocenters. The van der Waals surface area contributed by atoms with Crippen LogP contribution in [-0.2, 0) is 0 Å². The Hall–Kier alpha value is -1.54. The van der Waals surface area contributed by atoms with Gasteiger partial charge in [0.15, 0.2) is 0 Å². The Bertz CT molecular complexity index is 493. The number of rotatable bonds is 3. The molecule has 0 amide bonds. The lowest BCUT2D eigenvalue weighted by atomic mass is 10.1. The predicted octanol–water partition coefficient (Wildman–Crippen LogP) is 3.97. The summed E-state index contributed by atoms with van der Waals surface area (Å²) in [7, 11) is 0. The molecule has 0 bridgehead atoms. The predicted molar refractivity (Wildman–Crippen MR) is 70.8 cm³/mol. The van der Waals surface area contributed by atoms with Gasteiger partial charge in [-0.25, -0.2) is 0 Å². The first-order valence-electron chi connectivity index (χ1n) is 6.04. The number of aryl methyl sites for hydroxylation is 2. The minimum Gasteiger partial charge on any atom is -0.459 e. The van der Waals surface area contributed by atoms with E-state index in [2.05, 4.69) is 39.0 Å². The average Bonchev–Trinajstić information content (AvgIpc) is 2.76. The van der Waals surface area contributed by atoms with E-state index in [4.69, 9.17) is 10.2 Å². The summed E-state index contributed by atoms with van der Waals surface area (Å²) in [6, 6.07) is 10.4. The van der Waals surface area contributed by atoms with E-state index in [-0.39, 0.29) is 6.04 Å². The van der Waals surface area contributed by atoms with Gasteiger partial charge in [-0.2, -0.15) is 0 Å². The maximum atomic E-state index is 5.95. The van der Waals surface area contributed by atoms with E-state index in [0.717, 1.165) is 23.5 Å². The zero-order valence-corrected chi connectivity index (χ0v) is 10.7. The second kappa shape index (κ2) is 4.76. The first-order valence-corrected chi connectivity index (χ1v) is 6.04. The van der Waals surface area contributed by atoms with Gasteiger partial charge in [-0.15, -0.1) is 0 Å². The Labute approximate surface area is 102 Å². The first-order chi connectivity index (χ1) is 8.10. The molecule has 17 heavy (non-hydrogen) atoms. The van der Waals surface area contributed by atoms with Crippen molar-refractivity contribution in [2.45, 2.75) is 33.2 Å². The molecule has 2 N–H and O–H groups in total. The second-order valence-electron chi connectivity index (χ2n) is 4.59. The molecular formula is C15H19NO. The SMILES string of the molecule is CCC(N)c1ccc(-c2cc(C)cc(C)c2)o1. The van der Waals surface area contributed by atoms with Gasteiger partial charge in [0.2, 0.25) is 0 Å². The van der Waals surface area contributed by atoms with Crippen molar-refractivity contribution in [1.29, 1.82) is 0 Å². The van der Waals surface area contributed by atoms with Crippen LogP contribution in [0.15, 0.2) is 34.7 Å². The van der Waals surface area contributed by atoms with Crippen molar-refractivity contribution in [3.8, 4) is 11.3 Å². The molecule has 2 heteroatoms. The second-order valence-corrected chi connectivity index (χ2v) is 4.59. The van der Waals surface area contributed by atoms with Gasteiger partial charge in [-0.1, -0.05) is 24.1 Å². The highest BCUT2D eigenvalue weighted by atomic mass is 16.3. The van der Waals surface area contributed by atoms with Crippen LogP contribution in [0.3, 0.4) is 0 Å². The number of nitrogens with two attached hydrogens (primary N) is 1. The van der Waals surface area contributed by atoms with Crippen molar-refractivity contribution < 1.29 is 4.42 Å². The Balaban J connectivity index is 2.36. The third-order valence-corrected chi connectivity index (χ3v) is 2.94. The Morgan fingerprint density at radius 2 is 1.76 bits per heavy atom. The monoisotopic (exact) mass is 229 g/mol. The standard InChI is InChI=1S/C15H19NO/c1-4-13(16)15-6-5-14(17-15)12-8-10(2)7-11(3)9-12/h5-9,13H,4,16H2,1-3H3. The lowest BCUT2D eigenvalue weighted by Crippen LogP contribution is -2.06. The lowest BCUT2D eigenvalue weighted by molar-refractivity contribution is 0.470. The normalized spacial score (nSPS) is 12.7. The summed E-state index contributed by atoms with van der Waals surface area (Å²) in [6.07, 6.45) is 0.889. The van der Waals surface area contributed by atoms with E-state index >= 15 is 0 Å². The van der Waals surface area contributed by atoms with Crippen LogP contribution in [0.25, 0.3) is 11.3 Å². The van der Waals surface area contributed by atoms with Gasteiger partial charge in [-0.3, -0.25) is 0 Å². The fraction of sp³-hybridized carbons (Fsp3) is 0.333. The summed E-state index contributed by atoms with van der Waals surface area (Å²) in [5, 5.41) is 0. The largest absolute Gasteiger partial charge is 0.459 e. The Morgan fingerprint density at radius 3 is 2.35 bits per heavy atom. The molecule has 0 radical (unpaired) electrons. The molecule has 1 unspecified atom stereocenters. The zero-order chi connectivity index (χ0) is 12.4. The van der Waals surface area contributed by atoms with E-state index in [0.29, 0.717) is 0 Å². The third kappa shape index (κ3) is 2.59. The molecule has 1 aromatic heterocycles. The van der Waals surface area contributed by atoms with Crippen molar-refractivity contribution in [3.63, 3.8) is 0 Å².